The molecular weight excluding hydrogens is 568 g/mol. The Labute approximate surface area is 278 Å². The molecule has 0 bridgehead atoms. The first-order chi connectivity index (χ1) is 21.6. The maximum absolute atomic E-state index is 11.6. The zero-order chi connectivity index (χ0) is 33.3. The molecule has 1 amide bonds. The molecule has 3 N–H and O–H groups in total. The molecule has 0 aliphatic heterocycles. The lowest BCUT2D eigenvalue weighted by Gasteiger charge is -2.72. The molecule has 0 heterocycles. The number of nitrogens with one attached hydrogen (secondary N) is 2. The fourth-order valence-corrected chi connectivity index (χ4v) is 13.2. The second-order valence-electron chi connectivity index (χ2n) is 17.6. The van der Waals surface area contributed by atoms with E-state index in [4.69, 9.17) is 0 Å². The Morgan fingerprint density at radius 3 is 2.24 bits per heavy atom. The van der Waals surface area contributed by atoms with E-state index < -0.39 is 5.97 Å². The van der Waals surface area contributed by atoms with E-state index in [0.29, 0.717) is 52.5 Å². The number of carboxylic acids is 1. The third-order valence-corrected chi connectivity index (χ3v) is 15.2. The molecule has 9 atom stereocenters. The van der Waals surface area contributed by atoms with Crippen LogP contribution in [-0.4, -0.2) is 35.6 Å². The molecule has 46 heavy (non-hydrogen) atoms. The van der Waals surface area contributed by atoms with Crippen LogP contribution in [0.25, 0.3) is 5.57 Å². The smallest absolute Gasteiger partial charge is 0.335 e. The molecule has 5 heteroatoms. The summed E-state index contributed by atoms with van der Waals surface area (Å²) in [5, 5.41) is 16.6. The van der Waals surface area contributed by atoms with Crippen LogP contribution in [-0.2, 0) is 4.79 Å². The molecular formula is C41H60N2O3. The Balaban J connectivity index is 1.31. The molecule has 6 rings (SSSR count). The van der Waals surface area contributed by atoms with Crippen molar-refractivity contribution in [3.8, 4) is 0 Å². The second kappa shape index (κ2) is 11.6. The Hall–Kier alpha value is -2.40. The van der Waals surface area contributed by atoms with Gasteiger partial charge in [-0.1, -0.05) is 58.4 Å². The van der Waals surface area contributed by atoms with Crippen LogP contribution in [0.2, 0.25) is 0 Å². The minimum absolute atomic E-state index is 0.0222. The summed E-state index contributed by atoms with van der Waals surface area (Å²) in [7, 11) is 0. The number of aromatic carboxylic acids is 1. The maximum Gasteiger partial charge on any atom is 0.335 e. The minimum atomic E-state index is -0.865. The summed E-state index contributed by atoms with van der Waals surface area (Å²) in [5.74, 6) is 2.53. The molecule has 5 nitrogen and oxygen atoms in total. The largest absolute Gasteiger partial charge is 0.478 e. The highest BCUT2D eigenvalue weighted by molar-refractivity contribution is 5.88. The molecule has 1 aromatic rings. The fourth-order valence-electron chi connectivity index (χ4n) is 13.2. The van der Waals surface area contributed by atoms with Crippen LogP contribution in [0.4, 0.5) is 0 Å². The summed E-state index contributed by atoms with van der Waals surface area (Å²) in [6, 6.07) is 7.59. The van der Waals surface area contributed by atoms with Crippen molar-refractivity contribution in [1.82, 2.24) is 10.6 Å². The molecule has 252 valence electrons. The maximum atomic E-state index is 11.6. The number of amides is 1. The van der Waals surface area contributed by atoms with Crippen molar-refractivity contribution in [2.45, 2.75) is 118 Å². The number of allylic oxidation sites excluding steroid dienone is 3. The van der Waals surface area contributed by atoms with Gasteiger partial charge < -0.3 is 15.7 Å². The molecule has 4 saturated carbocycles. The summed E-state index contributed by atoms with van der Waals surface area (Å²) < 4.78 is 0. The highest BCUT2D eigenvalue weighted by atomic mass is 16.4. The lowest BCUT2D eigenvalue weighted by atomic mass is 9.33. The van der Waals surface area contributed by atoms with E-state index in [1.54, 1.807) is 19.1 Å². The van der Waals surface area contributed by atoms with Gasteiger partial charge in [0.05, 0.1) is 5.56 Å². The third-order valence-electron chi connectivity index (χ3n) is 15.2. The highest BCUT2D eigenvalue weighted by Gasteiger charge is 2.70. The standard InChI is InChI=1S/C41H60N2O3/c1-26(2)25-30-15-20-41(43-24-23-42-27(3)44)22-21-39(7)32(35(30)41)13-14-34-38(6)18-16-31(28-9-11-29(12-10-28)36(45)46)37(4,5)33(38)17-19-40(34,39)8/h9-12,16,30,32-35,43H,1,13-15,17-25H2,2-8H3,(H,42,44)(H,45,46)/t30?,32-,33?,34-,35?,38+,39-,40-,41?/m1/s1. The fraction of sp³-hybridized carbons (Fsp3) is 0.707. The quantitative estimate of drug-likeness (QED) is 0.198. The number of carbonyl (C=O) groups excluding carboxylic acids is 1. The van der Waals surface area contributed by atoms with Crippen molar-refractivity contribution < 1.29 is 14.7 Å². The average molecular weight is 629 g/mol. The number of fused-ring (bicyclic) bond motifs is 7. The molecule has 0 spiro atoms. The Kier molecular flexibility index (Phi) is 8.47. The number of carbonyl (C=O) groups is 2. The number of hydrogen-bond acceptors (Lipinski definition) is 3. The number of carboxylic acid groups (broad SMARTS) is 1. The molecule has 0 saturated heterocycles. The van der Waals surface area contributed by atoms with E-state index in [0.717, 1.165) is 19.4 Å². The SMILES string of the molecule is C=C(C)CC1CCC2(NCCNC(C)=O)CC[C@]3(C)[C@H](CC[C@@H]4[C@@]5(C)CC=C(c6ccc(C(=O)O)cc6)C(C)(C)C5CC[C@]43C)C12. The van der Waals surface area contributed by atoms with E-state index in [1.807, 2.05) is 12.1 Å². The van der Waals surface area contributed by atoms with Gasteiger partial charge in [-0.25, -0.2) is 4.79 Å². The van der Waals surface area contributed by atoms with Gasteiger partial charge in [0.1, 0.15) is 0 Å². The van der Waals surface area contributed by atoms with Gasteiger partial charge in [-0.05, 0) is 146 Å². The summed E-state index contributed by atoms with van der Waals surface area (Å²) in [6.07, 6.45) is 15.0. The average Bonchev–Trinajstić information content (AvgIpc) is 3.33. The van der Waals surface area contributed by atoms with Gasteiger partial charge in [0.15, 0.2) is 0 Å². The molecule has 0 aromatic heterocycles. The molecule has 5 aliphatic carbocycles. The Morgan fingerprint density at radius 2 is 1.59 bits per heavy atom. The van der Waals surface area contributed by atoms with Gasteiger partial charge in [0, 0.05) is 25.6 Å². The summed E-state index contributed by atoms with van der Waals surface area (Å²) >= 11 is 0. The van der Waals surface area contributed by atoms with Crippen molar-refractivity contribution in [1.29, 1.82) is 0 Å². The van der Waals surface area contributed by atoms with Crippen LogP contribution in [0.1, 0.15) is 129 Å². The molecule has 5 aliphatic rings. The van der Waals surface area contributed by atoms with Crippen molar-refractivity contribution in [3.63, 3.8) is 0 Å². The van der Waals surface area contributed by atoms with Crippen molar-refractivity contribution in [2.24, 2.45) is 51.2 Å². The van der Waals surface area contributed by atoms with Crippen LogP contribution in [0.3, 0.4) is 0 Å². The predicted octanol–water partition coefficient (Wildman–Crippen LogP) is 8.90. The summed E-state index contributed by atoms with van der Waals surface area (Å²) in [5.41, 5.74) is 5.30. The predicted molar refractivity (Wildman–Crippen MR) is 187 cm³/mol. The van der Waals surface area contributed by atoms with Crippen molar-refractivity contribution in [3.05, 3.63) is 53.6 Å². The van der Waals surface area contributed by atoms with Gasteiger partial charge >= 0.3 is 5.97 Å². The monoisotopic (exact) mass is 628 g/mol. The van der Waals surface area contributed by atoms with Crippen LogP contribution >= 0.6 is 0 Å². The molecule has 4 fully saturated rings. The van der Waals surface area contributed by atoms with Crippen LogP contribution < -0.4 is 10.6 Å². The number of hydrogen-bond donors (Lipinski definition) is 3. The van der Waals surface area contributed by atoms with E-state index in [9.17, 15) is 14.7 Å². The number of benzene rings is 1. The van der Waals surface area contributed by atoms with E-state index in [2.05, 4.69) is 64.8 Å². The third kappa shape index (κ3) is 5.04. The second-order valence-corrected chi connectivity index (χ2v) is 17.6. The molecule has 1 aromatic carbocycles. The Bertz CT molecular complexity index is 1410. The van der Waals surface area contributed by atoms with Crippen LogP contribution in [0.15, 0.2) is 42.5 Å². The van der Waals surface area contributed by atoms with Gasteiger partial charge in [-0.2, -0.15) is 0 Å². The highest BCUT2D eigenvalue weighted by Crippen LogP contribution is 2.76. The van der Waals surface area contributed by atoms with Crippen molar-refractivity contribution >= 4 is 17.4 Å². The summed E-state index contributed by atoms with van der Waals surface area (Å²) in [4.78, 5) is 23.1. The zero-order valence-electron chi connectivity index (χ0n) is 29.7. The first kappa shape index (κ1) is 33.5. The van der Waals surface area contributed by atoms with E-state index in [1.165, 1.54) is 68.1 Å². The van der Waals surface area contributed by atoms with Gasteiger partial charge in [0.2, 0.25) is 5.91 Å². The lowest BCUT2D eigenvalue weighted by Crippen LogP contribution is -2.68. The van der Waals surface area contributed by atoms with E-state index in [-0.39, 0.29) is 22.3 Å². The van der Waals surface area contributed by atoms with Gasteiger partial charge in [-0.3, -0.25) is 4.79 Å². The first-order valence-electron chi connectivity index (χ1n) is 18.3. The van der Waals surface area contributed by atoms with Gasteiger partial charge in [0.25, 0.3) is 0 Å². The van der Waals surface area contributed by atoms with Gasteiger partial charge in [-0.15, -0.1) is 6.58 Å². The topological polar surface area (TPSA) is 78.4 Å². The van der Waals surface area contributed by atoms with Crippen molar-refractivity contribution in [2.75, 3.05) is 13.1 Å². The normalized spacial score (nSPS) is 40.8. The molecule has 4 unspecified atom stereocenters. The lowest BCUT2D eigenvalue weighted by molar-refractivity contribution is -0.220. The molecule has 0 radical (unpaired) electrons. The zero-order valence-corrected chi connectivity index (χ0v) is 29.7. The van der Waals surface area contributed by atoms with E-state index >= 15 is 0 Å². The summed E-state index contributed by atoms with van der Waals surface area (Å²) in [6.45, 7) is 22.8. The minimum Gasteiger partial charge on any atom is -0.478 e. The van der Waals surface area contributed by atoms with Crippen LogP contribution in [0.5, 0.6) is 0 Å². The first-order valence-corrected chi connectivity index (χ1v) is 18.3. The number of rotatable bonds is 8. The Morgan fingerprint density at radius 1 is 0.870 bits per heavy atom. The van der Waals surface area contributed by atoms with Crippen LogP contribution in [0, 0.1) is 51.2 Å².